The number of rotatable bonds is 6. The number of amides is 1. The zero-order valence-electron chi connectivity index (χ0n) is 11.8. The molecule has 2 rings (SSSR count). The number of nitrogens with one attached hydrogen (secondary N) is 1. The summed E-state index contributed by atoms with van der Waals surface area (Å²) in [5.74, 6) is 0.134. The molecule has 0 saturated heterocycles. The number of hydrogen-bond acceptors (Lipinski definition) is 7. The van der Waals surface area contributed by atoms with Crippen LogP contribution in [0.5, 0.6) is 0 Å². The van der Waals surface area contributed by atoms with Crippen LogP contribution in [0.15, 0.2) is 5.38 Å². The van der Waals surface area contributed by atoms with Crippen LogP contribution in [0.2, 0.25) is 0 Å². The van der Waals surface area contributed by atoms with Crippen molar-refractivity contribution in [2.75, 3.05) is 5.32 Å². The standard InChI is InChI=1S/C12H17N5OS2.ClH/c1-3-7(4-2)11-16-17-12(20-11)15-10(18)8-6-19-9(5-13)14-8;/h6-7H,3-5,13H2,1-2H3,(H,15,17,18);1H. The van der Waals surface area contributed by atoms with Crippen LogP contribution in [0.3, 0.4) is 0 Å². The number of carbonyl (C=O) groups excluding carboxylic acids is 1. The summed E-state index contributed by atoms with van der Waals surface area (Å²) >= 11 is 2.80. The van der Waals surface area contributed by atoms with E-state index in [-0.39, 0.29) is 18.3 Å². The van der Waals surface area contributed by atoms with Crippen LogP contribution in [-0.2, 0) is 6.54 Å². The second-order valence-corrected chi connectivity index (χ2v) is 6.20. The van der Waals surface area contributed by atoms with Crippen LogP contribution in [0.4, 0.5) is 5.13 Å². The molecule has 21 heavy (non-hydrogen) atoms. The highest BCUT2D eigenvalue weighted by Crippen LogP contribution is 2.28. The third-order valence-corrected chi connectivity index (χ3v) is 4.83. The predicted octanol–water partition coefficient (Wildman–Crippen LogP) is 3.03. The van der Waals surface area contributed by atoms with Gasteiger partial charge in [0.1, 0.15) is 15.7 Å². The Morgan fingerprint density at radius 3 is 2.67 bits per heavy atom. The van der Waals surface area contributed by atoms with Crippen molar-refractivity contribution in [3.63, 3.8) is 0 Å². The SMILES string of the molecule is CCC(CC)c1nnc(NC(=O)c2csc(CN)n2)s1.Cl. The molecule has 2 heterocycles. The van der Waals surface area contributed by atoms with E-state index in [0.717, 1.165) is 22.9 Å². The molecule has 0 atom stereocenters. The Labute approximate surface area is 137 Å². The van der Waals surface area contributed by atoms with E-state index < -0.39 is 0 Å². The Balaban J connectivity index is 0.00000220. The van der Waals surface area contributed by atoms with Gasteiger partial charge in [-0.3, -0.25) is 10.1 Å². The molecule has 0 aliphatic rings. The van der Waals surface area contributed by atoms with Crippen molar-refractivity contribution in [1.82, 2.24) is 15.2 Å². The van der Waals surface area contributed by atoms with E-state index in [4.69, 9.17) is 5.73 Å². The molecule has 0 saturated carbocycles. The third-order valence-electron chi connectivity index (χ3n) is 2.95. The normalized spacial score (nSPS) is 10.5. The minimum absolute atomic E-state index is 0. The lowest BCUT2D eigenvalue weighted by Crippen LogP contribution is -2.12. The quantitative estimate of drug-likeness (QED) is 0.837. The Kier molecular flexibility index (Phi) is 7.16. The van der Waals surface area contributed by atoms with Gasteiger partial charge < -0.3 is 5.73 Å². The van der Waals surface area contributed by atoms with E-state index in [0.29, 0.717) is 23.3 Å². The summed E-state index contributed by atoms with van der Waals surface area (Å²) in [5.41, 5.74) is 5.85. The van der Waals surface area contributed by atoms with Gasteiger partial charge in [-0.25, -0.2) is 4.98 Å². The lowest BCUT2D eigenvalue weighted by Gasteiger charge is -2.05. The van der Waals surface area contributed by atoms with Gasteiger partial charge in [0.25, 0.3) is 5.91 Å². The molecule has 2 aromatic rings. The van der Waals surface area contributed by atoms with Crippen LogP contribution in [0, 0.1) is 0 Å². The molecule has 1 amide bonds. The number of thiazole rings is 1. The first-order valence-corrected chi connectivity index (χ1v) is 8.16. The predicted molar refractivity (Wildman–Crippen MR) is 88.4 cm³/mol. The lowest BCUT2D eigenvalue weighted by molar-refractivity contribution is 0.102. The van der Waals surface area contributed by atoms with Gasteiger partial charge in [-0.15, -0.1) is 33.9 Å². The number of hydrogen-bond donors (Lipinski definition) is 2. The Bertz CT molecular complexity index is 582. The molecule has 0 unspecified atom stereocenters. The van der Waals surface area contributed by atoms with Crippen LogP contribution < -0.4 is 11.1 Å². The molecule has 9 heteroatoms. The molecule has 2 aromatic heterocycles. The first-order valence-electron chi connectivity index (χ1n) is 6.47. The smallest absolute Gasteiger partial charge is 0.276 e. The largest absolute Gasteiger partial charge is 0.325 e. The van der Waals surface area contributed by atoms with E-state index in [1.54, 1.807) is 5.38 Å². The zero-order chi connectivity index (χ0) is 14.5. The maximum Gasteiger partial charge on any atom is 0.276 e. The summed E-state index contributed by atoms with van der Waals surface area (Å²) in [4.78, 5) is 16.1. The van der Waals surface area contributed by atoms with Gasteiger partial charge in [0.05, 0.1) is 0 Å². The van der Waals surface area contributed by atoms with Crippen molar-refractivity contribution in [3.8, 4) is 0 Å². The summed E-state index contributed by atoms with van der Waals surface area (Å²) in [5, 5.41) is 14.8. The van der Waals surface area contributed by atoms with Crippen molar-refractivity contribution in [2.45, 2.75) is 39.2 Å². The highest BCUT2D eigenvalue weighted by Gasteiger charge is 2.16. The van der Waals surface area contributed by atoms with Crippen molar-refractivity contribution < 1.29 is 4.79 Å². The molecule has 6 nitrogen and oxygen atoms in total. The van der Waals surface area contributed by atoms with Gasteiger partial charge in [-0.1, -0.05) is 25.2 Å². The van der Waals surface area contributed by atoms with Gasteiger partial charge in [0.2, 0.25) is 5.13 Å². The summed E-state index contributed by atoms with van der Waals surface area (Å²) < 4.78 is 0. The molecule has 3 N–H and O–H groups in total. The fourth-order valence-electron chi connectivity index (χ4n) is 1.76. The van der Waals surface area contributed by atoms with Gasteiger partial charge in [0.15, 0.2) is 0 Å². The minimum atomic E-state index is -0.270. The lowest BCUT2D eigenvalue weighted by atomic mass is 10.1. The average molecular weight is 348 g/mol. The van der Waals surface area contributed by atoms with Crippen molar-refractivity contribution in [1.29, 1.82) is 0 Å². The Morgan fingerprint density at radius 1 is 1.38 bits per heavy atom. The maximum absolute atomic E-state index is 12.0. The first-order chi connectivity index (χ1) is 9.67. The zero-order valence-corrected chi connectivity index (χ0v) is 14.3. The molecule has 116 valence electrons. The molecule has 0 fully saturated rings. The second kappa shape index (κ2) is 8.38. The van der Waals surface area contributed by atoms with E-state index in [9.17, 15) is 4.79 Å². The maximum atomic E-state index is 12.0. The van der Waals surface area contributed by atoms with Gasteiger partial charge in [-0.05, 0) is 12.8 Å². The monoisotopic (exact) mass is 347 g/mol. The second-order valence-electron chi connectivity index (χ2n) is 4.24. The molecule has 0 aliphatic carbocycles. The summed E-state index contributed by atoms with van der Waals surface area (Å²) in [6, 6.07) is 0. The Hall–Kier alpha value is -1.09. The van der Waals surface area contributed by atoms with Crippen LogP contribution in [-0.4, -0.2) is 21.1 Å². The summed E-state index contributed by atoms with van der Waals surface area (Å²) in [6.07, 6.45) is 2.04. The first kappa shape index (κ1) is 18.0. The molecule has 0 aromatic carbocycles. The van der Waals surface area contributed by atoms with E-state index in [2.05, 4.69) is 34.3 Å². The third kappa shape index (κ3) is 4.44. The highest BCUT2D eigenvalue weighted by atomic mass is 35.5. The van der Waals surface area contributed by atoms with Crippen molar-refractivity contribution >= 4 is 46.1 Å². The molecular weight excluding hydrogens is 330 g/mol. The molecule has 0 spiro atoms. The molecule has 0 radical (unpaired) electrons. The van der Waals surface area contributed by atoms with Gasteiger partial charge in [-0.2, -0.15) is 0 Å². The van der Waals surface area contributed by atoms with Gasteiger partial charge in [0, 0.05) is 17.8 Å². The summed E-state index contributed by atoms with van der Waals surface area (Å²) in [7, 11) is 0. The molecular formula is C12H18ClN5OS2. The topological polar surface area (TPSA) is 93.8 Å². The number of carbonyl (C=O) groups is 1. The number of aromatic nitrogens is 3. The number of halogens is 1. The number of anilines is 1. The Morgan fingerprint density at radius 2 is 2.10 bits per heavy atom. The van der Waals surface area contributed by atoms with E-state index in [1.807, 2.05) is 0 Å². The number of nitrogens with zero attached hydrogens (tertiary/aromatic N) is 3. The number of nitrogens with two attached hydrogens (primary N) is 1. The fourth-order valence-corrected chi connectivity index (χ4v) is 3.42. The van der Waals surface area contributed by atoms with Crippen LogP contribution >= 0.6 is 35.1 Å². The van der Waals surface area contributed by atoms with Crippen LogP contribution in [0.25, 0.3) is 0 Å². The highest BCUT2D eigenvalue weighted by molar-refractivity contribution is 7.15. The van der Waals surface area contributed by atoms with Crippen molar-refractivity contribution in [3.05, 3.63) is 21.1 Å². The molecule has 0 bridgehead atoms. The fraction of sp³-hybridized carbons (Fsp3) is 0.500. The summed E-state index contributed by atoms with van der Waals surface area (Å²) in [6.45, 7) is 4.59. The average Bonchev–Trinajstić information content (AvgIpc) is 3.09. The van der Waals surface area contributed by atoms with E-state index >= 15 is 0 Å². The molecule has 0 aliphatic heterocycles. The minimum Gasteiger partial charge on any atom is -0.325 e. The van der Waals surface area contributed by atoms with Crippen molar-refractivity contribution in [2.24, 2.45) is 5.73 Å². The van der Waals surface area contributed by atoms with Crippen LogP contribution in [0.1, 0.15) is 53.1 Å². The van der Waals surface area contributed by atoms with E-state index in [1.165, 1.54) is 22.7 Å². The van der Waals surface area contributed by atoms with Gasteiger partial charge >= 0.3 is 0 Å².